The van der Waals surface area contributed by atoms with Crippen molar-refractivity contribution in [3.63, 3.8) is 0 Å². The van der Waals surface area contributed by atoms with Gasteiger partial charge in [-0.25, -0.2) is 0 Å². The highest BCUT2D eigenvalue weighted by atomic mass is 16.5. The summed E-state index contributed by atoms with van der Waals surface area (Å²) in [7, 11) is 1.38. The normalized spacial score (nSPS) is 13.2. The molecule has 212 valence electrons. The van der Waals surface area contributed by atoms with Crippen LogP contribution in [0.1, 0.15) is 116 Å². The minimum absolute atomic E-state index is 0.0323. The smallest absolute Gasteiger partial charge is 0.319 e. The Kier molecular flexibility index (Phi) is 9.10. The fraction of sp³-hybridized carbons (Fsp3) is 0.606. The van der Waals surface area contributed by atoms with Crippen molar-refractivity contribution in [1.29, 1.82) is 0 Å². The van der Waals surface area contributed by atoms with E-state index in [1.54, 1.807) is 0 Å². The molecule has 2 N–H and O–H groups in total. The zero-order valence-electron chi connectivity index (χ0n) is 26.1. The Labute approximate surface area is 231 Å². The van der Waals surface area contributed by atoms with Crippen LogP contribution in [0.4, 0.5) is 0 Å². The second-order valence-corrected chi connectivity index (χ2v) is 14.8. The second kappa shape index (κ2) is 10.9. The van der Waals surface area contributed by atoms with E-state index < -0.39 is 0 Å². The third-order valence-electron chi connectivity index (χ3n) is 7.09. The van der Waals surface area contributed by atoms with Crippen molar-refractivity contribution < 1.29 is 19.7 Å². The van der Waals surface area contributed by atoms with E-state index in [2.05, 4.69) is 95.2 Å². The predicted octanol–water partition coefficient (Wildman–Crippen LogP) is 7.46. The van der Waals surface area contributed by atoms with Crippen molar-refractivity contribution >= 4 is 5.97 Å². The Balaban J connectivity index is 2.69. The van der Waals surface area contributed by atoms with E-state index >= 15 is 0 Å². The summed E-state index contributed by atoms with van der Waals surface area (Å²) in [6, 6.07) is 8.27. The minimum atomic E-state index is -0.366. The van der Waals surface area contributed by atoms with Crippen molar-refractivity contribution in [1.82, 2.24) is 4.90 Å². The van der Waals surface area contributed by atoms with Gasteiger partial charge < -0.3 is 14.9 Å². The molecule has 5 nitrogen and oxygen atoms in total. The molecule has 0 spiro atoms. The first-order chi connectivity index (χ1) is 17.1. The number of aromatic hydroxyl groups is 2. The Morgan fingerprint density at radius 1 is 0.658 bits per heavy atom. The first kappa shape index (κ1) is 31.7. The van der Waals surface area contributed by atoms with Gasteiger partial charge in [0.05, 0.1) is 13.7 Å². The van der Waals surface area contributed by atoms with Crippen LogP contribution in [0.15, 0.2) is 24.3 Å². The van der Waals surface area contributed by atoms with E-state index in [0.29, 0.717) is 13.1 Å². The maximum atomic E-state index is 12.5. The van der Waals surface area contributed by atoms with Gasteiger partial charge in [-0.05, 0) is 43.9 Å². The van der Waals surface area contributed by atoms with E-state index in [4.69, 9.17) is 4.74 Å². The van der Waals surface area contributed by atoms with Gasteiger partial charge in [0.2, 0.25) is 0 Å². The first-order valence-corrected chi connectivity index (χ1v) is 13.6. The molecule has 0 atom stereocenters. The number of hydrogen-bond acceptors (Lipinski definition) is 5. The van der Waals surface area contributed by atoms with Gasteiger partial charge in [-0.1, -0.05) is 107 Å². The maximum Gasteiger partial charge on any atom is 0.319 e. The van der Waals surface area contributed by atoms with Crippen LogP contribution in [0.5, 0.6) is 11.5 Å². The van der Waals surface area contributed by atoms with Gasteiger partial charge in [0.1, 0.15) is 11.5 Å². The van der Waals surface area contributed by atoms with Crippen LogP contribution >= 0.6 is 0 Å². The molecule has 0 amide bonds. The fourth-order valence-corrected chi connectivity index (χ4v) is 4.54. The Hall–Kier alpha value is -2.53. The molecule has 0 radical (unpaired) electrons. The summed E-state index contributed by atoms with van der Waals surface area (Å²) in [5.41, 5.74) is 4.79. The van der Waals surface area contributed by atoms with Gasteiger partial charge in [-0.15, -0.1) is 0 Å². The monoisotopic (exact) mass is 525 g/mol. The van der Waals surface area contributed by atoms with Gasteiger partial charge >= 0.3 is 5.97 Å². The van der Waals surface area contributed by atoms with Crippen LogP contribution < -0.4 is 0 Å². The largest absolute Gasteiger partial charge is 0.507 e. The number of esters is 1. The summed E-state index contributed by atoms with van der Waals surface area (Å²) in [5, 5.41) is 22.8. The summed E-state index contributed by atoms with van der Waals surface area (Å²) < 4.78 is 5.02. The summed E-state index contributed by atoms with van der Waals surface area (Å²) in [5.74, 6) is 0.141. The van der Waals surface area contributed by atoms with E-state index in [1.165, 1.54) is 7.11 Å². The van der Waals surface area contributed by atoms with Crippen LogP contribution in [0.2, 0.25) is 0 Å². The molecule has 2 aromatic rings. The van der Waals surface area contributed by atoms with Crippen molar-refractivity contribution in [3.05, 3.63) is 57.6 Å². The lowest BCUT2D eigenvalue weighted by molar-refractivity contribution is -0.142. The molecule has 0 fully saturated rings. The molecule has 0 aliphatic carbocycles. The first-order valence-electron chi connectivity index (χ1n) is 13.6. The van der Waals surface area contributed by atoms with Crippen LogP contribution in [0.3, 0.4) is 0 Å². The third kappa shape index (κ3) is 7.75. The average molecular weight is 526 g/mol. The SMILES string of the molecule is COC(=O)CN(Cc1cc(C(C)(C)C)cc(C(C)(C)C)c1O)Cc1cc(C(C)(C)C)cc(C(C)(C)C)c1O. The average Bonchev–Trinajstić information content (AvgIpc) is 2.72. The molecule has 2 aromatic carbocycles. The number of benzene rings is 2. The van der Waals surface area contributed by atoms with Crippen LogP contribution in [0, 0.1) is 0 Å². The molecule has 0 saturated heterocycles. The molecule has 0 aromatic heterocycles. The lowest BCUT2D eigenvalue weighted by Gasteiger charge is -2.31. The van der Waals surface area contributed by atoms with Crippen LogP contribution in [0.25, 0.3) is 0 Å². The molecule has 0 bridgehead atoms. The number of hydrogen-bond donors (Lipinski definition) is 2. The van der Waals surface area contributed by atoms with Gasteiger partial charge in [-0.3, -0.25) is 9.69 Å². The van der Waals surface area contributed by atoms with Gasteiger partial charge in [0, 0.05) is 24.2 Å². The van der Waals surface area contributed by atoms with Gasteiger partial charge in [0.15, 0.2) is 0 Å². The van der Waals surface area contributed by atoms with Crippen molar-refractivity contribution in [2.24, 2.45) is 0 Å². The molecule has 38 heavy (non-hydrogen) atoms. The number of rotatable bonds is 6. The van der Waals surface area contributed by atoms with E-state index in [1.807, 2.05) is 17.0 Å². The molecule has 0 heterocycles. The quantitative estimate of drug-likeness (QED) is 0.383. The third-order valence-corrected chi connectivity index (χ3v) is 7.09. The fourth-order valence-electron chi connectivity index (χ4n) is 4.54. The molecule has 5 heteroatoms. The highest BCUT2D eigenvalue weighted by Gasteiger charge is 2.28. The van der Waals surface area contributed by atoms with E-state index in [0.717, 1.165) is 33.4 Å². The van der Waals surface area contributed by atoms with E-state index in [-0.39, 0.29) is 45.7 Å². The van der Waals surface area contributed by atoms with Crippen LogP contribution in [-0.4, -0.2) is 34.7 Å². The zero-order chi connectivity index (χ0) is 29.4. The van der Waals surface area contributed by atoms with Gasteiger partial charge in [0.25, 0.3) is 0 Å². The van der Waals surface area contributed by atoms with Crippen molar-refractivity contribution in [2.45, 2.75) is 118 Å². The number of carbonyl (C=O) groups is 1. The predicted molar refractivity (Wildman–Crippen MR) is 157 cm³/mol. The molecular formula is C33H51NO4. The summed E-state index contributed by atoms with van der Waals surface area (Å²) >= 11 is 0. The zero-order valence-corrected chi connectivity index (χ0v) is 26.1. The summed E-state index contributed by atoms with van der Waals surface area (Å²) in [6.45, 7) is 26.2. The molecule has 2 rings (SSSR count). The van der Waals surface area contributed by atoms with Crippen LogP contribution in [-0.2, 0) is 44.3 Å². The highest BCUT2D eigenvalue weighted by Crippen LogP contribution is 2.40. The number of ether oxygens (including phenoxy) is 1. The Bertz CT molecular complexity index is 1070. The number of carbonyl (C=O) groups excluding carboxylic acids is 1. The standard InChI is InChI=1S/C33H51NO4/c1-30(2,3)23-14-21(28(36)25(16-23)32(7,8)9)18-34(20-27(35)38-13)19-22-15-24(31(4,5)6)17-26(29(22)37)33(10,11)12/h14-17,36-37H,18-20H2,1-13H3. The number of nitrogens with zero attached hydrogens (tertiary/aromatic N) is 1. The maximum absolute atomic E-state index is 12.5. The van der Waals surface area contributed by atoms with Crippen molar-refractivity contribution in [3.8, 4) is 11.5 Å². The minimum Gasteiger partial charge on any atom is -0.507 e. The second-order valence-electron chi connectivity index (χ2n) is 14.8. The Morgan fingerprint density at radius 2 is 1.00 bits per heavy atom. The lowest BCUT2D eigenvalue weighted by Crippen LogP contribution is -2.31. The highest BCUT2D eigenvalue weighted by molar-refractivity contribution is 5.71. The van der Waals surface area contributed by atoms with E-state index in [9.17, 15) is 15.0 Å². The molecule has 0 aliphatic rings. The van der Waals surface area contributed by atoms with Gasteiger partial charge in [-0.2, -0.15) is 0 Å². The number of phenols is 2. The molecule has 0 aliphatic heterocycles. The molecule has 0 saturated carbocycles. The summed E-state index contributed by atoms with van der Waals surface area (Å²) in [4.78, 5) is 14.4. The number of methoxy groups -OCH3 is 1. The molecule has 0 unspecified atom stereocenters. The van der Waals surface area contributed by atoms with Crippen molar-refractivity contribution in [2.75, 3.05) is 13.7 Å². The number of phenolic OH excluding ortho intramolecular Hbond substituents is 2. The Morgan fingerprint density at radius 3 is 1.26 bits per heavy atom. The lowest BCUT2D eigenvalue weighted by atomic mass is 9.78. The topological polar surface area (TPSA) is 70.0 Å². The molecular weight excluding hydrogens is 474 g/mol. The summed E-state index contributed by atoms with van der Waals surface area (Å²) in [6.07, 6.45) is 0.